The summed E-state index contributed by atoms with van der Waals surface area (Å²) in [6, 6.07) is 3.95. The predicted octanol–water partition coefficient (Wildman–Crippen LogP) is 2.41. The van der Waals surface area contributed by atoms with Gasteiger partial charge in [-0.15, -0.1) is 0 Å². The monoisotopic (exact) mass is 330 g/mol. The van der Waals surface area contributed by atoms with Crippen molar-refractivity contribution in [1.82, 2.24) is 19.5 Å². The number of carbonyl (C=O) groups is 1. The molecule has 0 bridgehead atoms. The van der Waals surface area contributed by atoms with Crippen molar-refractivity contribution < 1.29 is 4.79 Å². The van der Waals surface area contributed by atoms with Gasteiger partial charge in [0.15, 0.2) is 5.65 Å². The third-order valence-corrected chi connectivity index (χ3v) is 4.77. The average molecular weight is 330 g/mol. The Labute approximate surface area is 142 Å². The molecule has 7 nitrogen and oxygen atoms in total. The summed E-state index contributed by atoms with van der Waals surface area (Å²) < 4.78 is 1.69. The SMILES string of the molecule is Cc1nc2ccc(NC(=O)N3CCC[C@@H](C)[C@H]3CCCN)cn2n1. The van der Waals surface area contributed by atoms with Gasteiger partial charge in [-0.2, -0.15) is 5.10 Å². The zero-order valence-corrected chi connectivity index (χ0v) is 14.4. The van der Waals surface area contributed by atoms with Crippen molar-refractivity contribution >= 4 is 17.4 Å². The molecule has 0 aliphatic carbocycles. The fourth-order valence-electron chi connectivity index (χ4n) is 3.53. The Balaban J connectivity index is 1.73. The van der Waals surface area contributed by atoms with Crippen LogP contribution >= 0.6 is 0 Å². The van der Waals surface area contributed by atoms with Crippen LogP contribution in [0.4, 0.5) is 10.5 Å². The first kappa shape index (κ1) is 16.7. The molecule has 0 saturated carbocycles. The van der Waals surface area contributed by atoms with E-state index in [9.17, 15) is 4.79 Å². The van der Waals surface area contributed by atoms with E-state index in [2.05, 4.69) is 22.3 Å². The largest absolute Gasteiger partial charge is 0.330 e. The van der Waals surface area contributed by atoms with E-state index in [4.69, 9.17) is 5.73 Å². The fraction of sp³-hybridized carbons (Fsp3) is 0.588. The molecule has 2 atom stereocenters. The summed E-state index contributed by atoms with van der Waals surface area (Å²) in [5.41, 5.74) is 7.16. The first-order chi connectivity index (χ1) is 11.6. The number of pyridine rings is 1. The minimum atomic E-state index is -0.0419. The van der Waals surface area contributed by atoms with Gasteiger partial charge in [0.2, 0.25) is 0 Å². The van der Waals surface area contributed by atoms with Gasteiger partial charge in [-0.05, 0) is 57.2 Å². The number of piperidine rings is 1. The topological polar surface area (TPSA) is 88.5 Å². The minimum absolute atomic E-state index is 0.0419. The van der Waals surface area contributed by atoms with Gasteiger partial charge in [0, 0.05) is 12.6 Å². The Bertz CT molecular complexity index is 712. The molecule has 1 aliphatic heterocycles. The Morgan fingerprint density at radius 3 is 3.08 bits per heavy atom. The summed E-state index contributed by atoms with van der Waals surface area (Å²) in [5.74, 6) is 1.22. The first-order valence-electron chi connectivity index (χ1n) is 8.69. The van der Waals surface area contributed by atoms with Gasteiger partial charge in [-0.3, -0.25) is 0 Å². The van der Waals surface area contributed by atoms with Crippen LogP contribution in [0.1, 0.15) is 38.4 Å². The molecule has 0 aromatic carbocycles. The van der Waals surface area contributed by atoms with Crippen molar-refractivity contribution in [3.63, 3.8) is 0 Å². The summed E-state index contributed by atoms with van der Waals surface area (Å²) in [5, 5.41) is 7.30. The number of aromatic nitrogens is 3. The van der Waals surface area contributed by atoms with E-state index in [-0.39, 0.29) is 12.1 Å². The standard InChI is InChI=1S/C17H26N6O/c1-12-5-4-10-22(15(12)6-3-9-18)17(24)20-14-7-8-16-19-13(2)21-23(16)11-14/h7-8,11-12,15H,3-6,9-10,18H2,1-2H3,(H,20,24)/t12-,15-/m1/s1. The van der Waals surface area contributed by atoms with Crippen molar-refractivity contribution in [2.24, 2.45) is 11.7 Å². The Hall–Kier alpha value is -2.15. The molecular formula is C17H26N6O. The molecule has 0 unspecified atom stereocenters. The lowest BCUT2D eigenvalue weighted by Crippen LogP contribution is -2.49. The van der Waals surface area contributed by atoms with Gasteiger partial charge in [0.25, 0.3) is 0 Å². The van der Waals surface area contributed by atoms with Gasteiger partial charge in [0.05, 0.1) is 11.9 Å². The number of nitrogens with two attached hydrogens (primary N) is 1. The van der Waals surface area contributed by atoms with E-state index in [1.807, 2.05) is 24.0 Å². The molecule has 3 N–H and O–H groups in total. The van der Waals surface area contributed by atoms with E-state index in [0.717, 1.165) is 37.1 Å². The second kappa shape index (κ2) is 7.17. The van der Waals surface area contributed by atoms with Crippen molar-refractivity contribution in [2.45, 2.75) is 45.6 Å². The number of hydrogen-bond donors (Lipinski definition) is 2. The highest BCUT2D eigenvalue weighted by atomic mass is 16.2. The lowest BCUT2D eigenvalue weighted by Gasteiger charge is -2.40. The molecule has 1 fully saturated rings. The lowest BCUT2D eigenvalue weighted by molar-refractivity contribution is 0.122. The van der Waals surface area contributed by atoms with Crippen LogP contribution in [0.25, 0.3) is 5.65 Å². The maximum Gasteiger partial charge on any atom is 0.322 e. The molecule has 3 rings (SSSR count). The highest BCUT2D eigenvalue weighted by Gasteiger charge is 2.31. The summed E-state index contributed by atoms with van der Waals surface area (Å²) >= 11 is 0. The van der Waals surface area contributed by atoms with Crippen LogP contribution in [-0.2, 0) is 0 Å². The van der Waals surface area contributed by atoms with Crippen LogP contribution in [0.15, 0.2) is 18.3 Å². The second-order valence-corrected chi connectivity index (χ2v) is 6.62. The van der Waals surface area contributed by atoms with E-state index in [0.29, 0.717) is 18.3 Å². The first-order valence-corrected chi connectivity index (χ1v) is 8.69. The third kappa shape index (κ3) is 3.51. The maximum atomic E-state index is 12.8. The molecule has 130 valence electrons. The molecule has 1 aliphatic rings. The summed E-state index contributed by atoms with van der Waals surface area (Å²) in [6.45, 7) is 5.55. The van der Waals surface area contributed by atoms with Gasteiger partial charge in [0.1, 0.15) is 5.82 Å². The number of carbonyl (C=O) groups excluding carboxylic acids is 1. The Kier molecular flexibility index (Phi) is 4.99. The van der Waals surface area contributed by atoms with Crippen molar-refractivity contribution in [1.29, 1.82) is 0 Å². The number of rotatable bonds is 4. The quantitative estimate of drug-likeness (QED) is 0.901. The molecule has 2 aromatic rings. The van der Waals surface area contributed by atoms with Crippen LogP contribution in [0.5, 0.6) is 0 Å². The van der Waals surface area contributed by atoms with Gasteiger partial charge < -0.3 is 16.0 Å². The number of amides is 2. The average Bonchev–Trinajstić information content (AvgIpc) is 2.92. The predicted molar refractivity (Wildman–Crippen MR) is 93.9 cm³/mol. The summed E-state index contributed by atoms with van der Waals surface area (Å²) in [4.78, 5) is 19.0. The lowest BCUT2D eigenvalue weighted by atomic mass is 9.88. The molecule has 0 radical (unpaired) electrons. The smallest absolute Gasteiger partial charge is 0.322 e. The van der Waals surface area contributed by atoms with Crippen LogP contribution in [0, 0.1) is 12.8 Å². The Morgan fingerprint density at radius 1 is 1.46 bits per heavy atom. The number of anilines is 1. The molecule has 24 heavy (non-hydrogen) atoms. The molecule has 2 amide bonds. The normalized spacial score (nSPS) is 21.2. The van der Waals surface area contributed by atoms with Crippen molar-refractivity contribution in [3.05, 3.63) is 24.2 Å². The second-order valence-electron chi connectivity index (χ2n) is 6.62. The van der Waals surface area contributed by atoms with Gasteiger partial charge in [-0.25, -0.2) is 14.3 Å². The highest BCUT2D eigenvalue weighted by molar-refractivity contribution is 5.89. The minimum Gasteiger partial charge on any atom is -0.330 e. The van der Waals surface area contributed by atoms with Gasteiger partial charge in [-0.1, -0.05) is 6.92 Å². The number of fused-ring (bicyclic) bond motifs is 1. The number of urea groups is 1. The van der Waals surface area contributed by atoms with E-state index < -0.39 is 0 Å². The maximum absolute atomic E-state index is 12.8. The van der Waals surface area contributed by atoms with E-state index in [1.165, 1.54) is 6.42 Å². The van der Waals surface area contributed by atoms with Crippen LogP contribution in [0.3, 0.4) is 0 Å². The molecule has 1 saturated heterocycles. The van der Waals surface area contributed by atoms with Crippen molar-refractivity contribution in [3.8, 4) is 0 Å². The number of aryl methyl sites for hydroxylation is 1. The highest BCUT2D eigenvalue weighted by Crippen LogP contribution is 2.27. The number of nitrogens with zero attached hydrogens (tertiary/aromatic N) is 4. The van der Waals surface area contributed by atoms with Crippen LogP contribution in [0.2, 0.25) is 0 Å². The van der Waals surface area contributed by atoms with E-state index >= 15 is 0 Å². The molecule has 7 heteroatoms. The fourth-order valence-corrected chi connectivity index (χ4v) is 3.53. The van der Waals surface area contributed by atoms with E-state index in [1.54, 1.807) is 10.7 Å². The third-order valence-electron chi connectivity index (χ3n) is 4.77. The molecule has 0 spiro atoms. The van der Waals surface area contributed by atoms with Crippen LogP contribution in [-0.4, -0.2) is 44.7 Å². The van der Waals surface area contributed by atoms with Crippen LogP contribution < -0.4 is 11.1 Å². The molecule has 2 aromatic heterocycles. The number of likely N-dealkylation sites (tertiary alicyclic amines) is 1. The molecule has 3 heterocycles. The summed E-state index contributed by atoms with van der Waals surface area (Å²) in [7, 11) is 0. The number of nitrogens with one attached hydrogen (secondary N) is 1. The van der Waals surface area contributed by atoms with Crippen molar-refractivity contribution in [2.75, 3.05) is 18.4 Å². The molecular weight excluding hydrogens is 304 g/mol. The zero-order chi connectivity index (χ0) is 17.1. The summed E-state index contributed by atoms with van der Waals surface area (Å²) in [6.07, 6.45) is 5.93. The number of hydrogen-bond acceptors (Lipinski definition) is 4. The van der Waals surface area contributed by atoms with Gasteiger partial charge >= 0.3 is 6.03 Å². The zero-order valence-electron chi connectivity index (χ0n) is 14.4. The Morgan fingerprint density at radius 2 is 2.29 bits per heavy atom.